The lowest BCUT2D eigenvalue weighted by Gasteiger charge is -2.24. The van der Waals surface area contributed by atoms with Gasteiger partial charge in [0.25, 0.3) is 5.56 Å². The Morgan fingerprint density at radius 2 is 1.90 bits per heavy atom. The minimum absolute atomic E-state index is 0.0351. The fourth-order valence-corrected chi connectivity index (χ4v) is 4.26. The number of methoxy groups -OCH3 is 1. The topological polar surface area (TPSA) is 109 Å². The molecule has 4 rings (SSSR count). The van der Waals surface area contributed by atoms with Crippen molar-refractivity contribution >= 4 is 16.6 Å². The number of anilines is 1. The summed E-state index contributed by atoms with van der Waals surface area (Å²) in [5.41, 5.74) is 3.64. The van der Waals surface area contributed by atoms with Crippen molar-refractivity contribution in [1.29, 1.82) is 0 Å². The molecule has 1 aliphatic heterocycles. The molecule has 2 aromatic rings. The number of rotatable bonds is 4. The van der Waals surface area contributed by atoms with E-state index in [1.807, 2.05) is 0 Å². The average Bonchev–Trinajstić information content (AvgIpc) is 3.42. The van der Waals surface area contributed by atoms with Gasteiger partial charge in [0.1, 0.15) is 11.2 Å². The number of aromatic nitrogens is 2. The average molecular weight is 431 g/mol. The Balaban J connectivity index is 1.97. The van der Waals surface area contributed by atoms with Crippen molar-refractivity contribution in [2.75, 3.05) is 37.5 Å². The molecule has 0 spiro atoms. The minimum Gasteiger partial charge on any atom is -0.492 e. The number of fused-ring (bicyclic) bond motifs is 1. The minimum atomic E-state index is -4.50. The van der Waals surface area contributed by atoms with Crippen LogP contribution in [0.5, 0.6) is 5.75 Å². The van der Waals surface area contributed by atoms with Crippen molar-refractivity contribution in [3.8, 4) is 5.75 Å². The molecule has 1 saturated heterocycles. The first-order chi connectivity index (χ1) is 14.1. The predicted molar refractivity (Wildman–Crippen MR) is 102 cm³/mol. The fourth-order valence-electron chi connectivity index (χ4n) is 4.26. The third-order valence-electron chi connectivity index (χ3n) is 5.88. The zero-order valence-corrected chi connectivity index (χ0v) is 16.1. The van der Waals surface area contributed by atoms with Crippen LogP contribution in [-0.2, 0) is 0 Å². The van der Waals surface area contributed by atoms with Crippen LogP contribution >= 0.6 is 0 Å². The SMILES string of the molecule is COc1c(N2CC(CN)C(C(F)(F)F)C2)c(F)cc2c(=O)n(N)c(=O)n(C3CC3)c12. The van der Waals surface area contributed by atoms with Gasteiger partial charge in [0.2, 0.25) is 0 Å². The highest BCUT2D eigenvalue weighted by atomic mass is 19.4. The summed E-state index contributed by atoms with van der Waals surface area (Å²) in [4.78, 5) is 26.3. The maximum Gasteiger partial charge on any atom is 0.393 e. The van der Waals surface area contributed by atoms with E-state index in [2.05, 4.69) is 0 Å². The lowest BCUT2D eigenvalue weighted by atomic mass is 9.96. The summed E-state index contributed by atoms with van der Waals surface area (Å²) in [6, 6.07) is 0.649. The summed E-state index contributed by atoms with van der Waals surface area (Å²) in [7, 11) is 1.21. The molecular weight excluding hydrogens is 410 g/mol. The summed E-state index contributed by atoms with van der Waals surface area (Å²) < 4.78 is 62.5. The second kappa shape index (κ2) is 6.89. The molecule has 30 heavy (non-hydrogen) atoms. The number of ether oxygens (including phenoxy) is 1. The van der Waals surface area contributed by atoms with Gasteiger partial charge in [0.15, 0.2) is 11.6 Å². The Kier molecular flexibility index (Phi) is 4.71. The van der Waals surface area contributed by atoms with Gasteiger partial charge in [-0.05, 0) is 25.5 Å². The van der Waals surface area contributed by atoms with E-state index in [0.717, 1.165) is 6.07 Å². The molecule has 1 aliphatic carbocycles. The number of nitrogen functional groups attached to an aromatic ring is 1. The van der Waals surface area contributed by atoms with Crippen molar-refractivity contribution < 1.29 is 22.3 Å². The van der Waals surface area contributed by atoms with Crippen LogP contribution < -0.4 is 32.5 Å². The standard InChI is InChI=1S/C18H21F4N5O3/c1-30-15-13-10(16(28)27(24)17(29)26(13)9-2-3-9)4-12(19)14(15)25-6-8(5-23)11(7-25)18(20,21)22/h4,8-9,11H,2-3,5-7,23-24H2,1H3. The van der Waals surface area contributed by atoms with E-state index < -0.39 is 41.6 Å². The van der Waals surface area contributed by atoms with Crippen LogP contribution in [0.3, 0.4) is 0 Å². The molecule has 1 aromatic carbocycles. The molecule has 2 heterocycles. The lowest BCUT2D eigenvalue weighted by Crippen LogP contribution is -2.44. The molecule has 2 unspecified atom stereocenters. The van der Waals surface area contributed by atoms with Gasteiger partial charge in [-0.2, -0.15) is 17.8 Å². The van der Waals surface area contributed by atoms with Crippen LogP contribution in [0.1, 0.15) is 18.9 Å². The van der Waals surface area contributed by atoms with Crippen LogP contribution in [0.25, 0.3) is 10.9 Å². The molecule has 0 bridgehead atoms. The number of nitrogens with two attached hydrogens (primary N) is 2. The number of hydrogen-bond acceptors (Lipinski definition) is 6. The van der Waals surface area contributed by atoms with E-state index in [9.17, 15) is 22.8 Å². The summed E-state index contributed by atoms with van der Waals surface area (Å²) >= 11 is 0. The van der Waals surface area contributed by atoms with E-state index in [4.69, 9.17) is 16.3 Å². The Bertz CT molecular complexity index is 1120. The molecule has 12 heteroatoms. The van der Waals surface area contributed by atoms with Gasteiger partial charge in [-0.15, -0.1) is 0 Å². The second-order valence-corrected chi connectivity index (χ2v) is 7.74. The molecule has 2 atom stereocenters. The van der Waals surface area contributed by atoms with E-state index >= 15 is 4.39 Å². The second-order valence-electron chi connectivity index (χ2n) is 7.74. The molecular formula is C18H21F4N5O3. The molecule has 0 radical (unpaired) electrons. The highest BCUT2D eigenvalue weighted by Crippen LogP contribution is 2.46. The third-order valence-corrected chi connectivity index (χ3v) is 5.88. The summed E-state index contributed by atoms with van der Waals surface area (Å²) in [5, 5.41) is -0.177. The van der Waals surface area contributed by atoms with Gasteiger partial charge >= 0.3 is 11.9 Å². The molecule has 164 valence electrons. The number of halogens is 4. The lowest BCUT2D eigenvalue weighted by molar-refractivity contribution is -0.178. The molecule has 0 amide bonds. The van der Waals surface area contributed by atoms with Crippen molar-refractivity contribution in [1.82, 2.24) is 9.24 Å². The van der Waals surface area contributed by atoms with Crippen molar-refractivity contribution in [3.63, 3.8) is 0 Å². The Morgan fingerprint density at radius 3 is 2.40 bits per heavy atom. The quantitative estimate of drug-likeness (QED) is 0.551. The van der Waals surface area contributed by atoms with Gasteiger partial charge in [0.05, 0.1) is 18.4 Å². The van der Waals surface area contributed by atoms with Gasteiger partial charge in [0, 0.05) is 25.0 Å². The number of benzene rings is 1. The maximum absolute atomic E-state index is 15.1. The zero-order valence-electron chi connectivity index (χ0n) is 16.1. The maximum atomic E-state index is 15.1. The van der Waals surface area contributed by atoms with E-state index in [1.54, 1.807) is 0 Å². The van der Waals surface area contributed by atoms with Crippen LogP contribution in [0.4, 0.5) is 23.2 Å². The van der Waals surface area contributed by atoms with Crippen molar-refractivity contribution in [2.45, 2.75) is 25.1 Å². The Morgan fingerprint density at radius 1 is 1.23 bits per heavy atom. The van der Waals surface area contributed by atoms with E-state index in [-0.39, 0.29) is 41.5 Å². The van der Waals surface area contributed by atoms with Crippen LogP contribution in [0, 0.1) is 17.7 Å². The first-order valence-electron chi connectivity index (χ1n) is 9.44. The molecule has 2 fully saturated rings. The van der Waals surface area contributed by atoms with E-state index in [1.165, 1.54) is 16.6 Å². The van der Waals surface area contributed by atoms with Crippen LogP contribution in [-0.4, -0.2) is 42.2 Å². The largest absolute Gasteiger partial charge is 0.492 e. The molecule has 2 aliphatic rings. The first kappa shape index (κ1) is 20.5. The van der Waals surface area contributed by atoms with Crippen LogP contribution in [0.15, 0.2) is 15.7 Å². The van der Waals surface area contributed by atoms with E-state index in [0.29, 0.717) is 17.5 Å². The number of hydrogen-bond donors (Lipinski definition) is 2. The molecule has 1 aromatic heterocycles. The van der Waals surface area contributed by atoms with Gasteiger partial charge in [-0.1, -0.05) is 0 Å². The third kappa shape index (κ3) is 3.01. The highest BCUT2D eigenvalue weighted by Gasteiger charge is 2.50. The smallest absolute Gasteiger partial charge is 0.393 e. The number of nitrogens with zero attached hydrogens (tertiary/aromatic N) is 3. The monoisotopic (exact) mass is 431 g/mol. The van der Waals surface area contributed by atoms with Crippen LogP contribution in [0.2, 0.25) is 0 Å². The predicted octanol–water partition coefficient (Wildman–Crippen LogP) is 0.933. The first-order valence-corrected chi connectivity index (χ1v) is 9.44. The van der Waals surface area contributed by atoms with Gasteiger partial charge < -0.3 is 21.2 Å². The number of alkyl halides is 3. The summed E-state index contributed by atoms with van der Waals surface area (Å²) in [6.07, 6.45) is -3.20. The van der Waals surface area contributed by atoms with Crippen molar-refractivity contribution in [2.24, 2.45) is 17.6 Å². The zero-order chi connectivity index (χ0) is 22.0. The highest BCUT2D eigenvalue weighted by molar-refractivity contribution is 5.91. The molecule has 1 saturated carbocycles. The molecule has 8 nitrogen and oxygen atoms in total. The Hall–Kier alpha value is -2.76. The normalized spacial score (nSPS) is 22.1. The summed E-state index contributed by atoms with van der Waals surface area (Å²) in [6.45, 7) is -0.865. The van der Waals surface area contributed by atoms with Gasteiger partial charge in [-0.25, -0.2) is 9.18 Å². The Labute approximate surface area is 167 Å². The van der Waals surface area contributed by atoms with Gasteiger partial charge in [-0.3, -0.25) is 9.36 Å². The van der Waals surface area contributed by atoms with Crippen molar-refractivity contribution in [3.05, 3.63) is 32.7 Å². The summed E-state index contributed by atoms with van der Waals surface area (Å²) in [5.74, 6) is 1.83. The molecule has 4 N–H and O–H groups in total. The fraction of sp³-hybridized carbons (Fsp3) is 0.556.